The van der Waals surface area contributed by atoms with Crippen molar-refractivity contribution in [3.63, 3.8) is 0 Å². The number of hydrogen-bond acceptors (Lipinski definition) is 4. The van der Waals surface area contributed by atoms with Crippen LogP contribution < -0.4 is 5.32 Å². The van der Waals surface area contributed by atoms with E-state index < -0.39 is 29.6 Å². The highest BCUT2D eigenvalue weighted by atomic mass is 19.4. The molecule has 0 saturated heterocycles. The van der Waals surface area contributed by atoms with E-state index in [1.165, 1.54) is 18.2 Å². The molecule has 1 atom stereocenters. The predicted molar refractivity (Wildman–Crippen MR) is 138 cm³/mol. The van der Waals surface area contributed by atoms with Gasteiger partial charge in [0, 0.05) is 35.9 Å². The molecule has 0 fully saturated rings. The molecule has 5 rings (SSSR count). The number of halogens is 4. The molecule has 0 spiro atoms. The van der Waals surface area contributed by atoms with Crippen molar-refractivity contribution in [3.05, 3.63) is 124 Å². The van der Waals surface area contributed by atoms with Crippen LogP contribution in [0, 0.1) is 12.7 Å². The standard InChI is InChI=1S/C30H23F4N3O2/c1-18-5-10-24(25(31)12-18)20-13-21(27-16-28(39-37-27)26-4-2-3-11-35-26)15-22(14-20)29(38)36-17-19-6-8-23(9-7-19)30(32,33)34/h2-15,28H,16-17H2,1H3,(H,36,38). The Bertz CT molecular complexity index is 1530. The molecule has 1 aliphatic rings. The molecule has 1 unspecified atom stereocenters. The summed E-state index contributed by atoms with van der Waals surface area (Å²) < 4.78 is 53.5. The molecule has 0 bridgehead atoms. The zero-order chi connectivity index (χ0) is 27.6. The molecule has 5 nitrogen and oxygen atoms in total. The highest BCUT2D eigenvalue weighted by molar-refractivity contribution is 6.05. The third kappa shape index (κ3) is 5.98. The summed E-state index contributed by atoms with van der Waals surface area (Å²) in [5, 5.41) is 6.95. The van der Waals surface area contributed by atoms with Gasteiger partial charge in [-0.25, -0.2) is 4.39 Å². The highest BCUT2D eigenvalue weighted by Gasteiger charge is 2.30. The molecule has 2 heterocycles. The molecule has 0 radical (unpaired) electrons. The number of aromatic nitrogens is 1. The first kappa shape index (κ1) is 26.1. The van der Waals surface area contributed by atoms with Gasteiger partial charge in [-0.3, -0.25) is 9.78 Å². The summed E-state index contributed by atoms with van der Waals surface area (Å²) in [7, 11) is 0. The molecular formula is C30H23F4N3O2. The van der Waals surface area contributed by atoms with Gasteiger partial charge in [-0.1, -0.05) is 35.5 Å². The van der Waals surface area contributed by atoms with E-state index in [4.69, 9.17) is 4.84 Å². The first-order chi connectivity index (χ1) is 18.7. The number of oxime groups is 1. The average molecular weight is 534 g/mol. The predicted octanol–water partition coefficient (Wildman–Crippen LogP) is 7.01. The van der Waals surface area contributed by atoms with E-state index in [1.54, 1.807) is 49.5 Å². The minimum Gasteiger partial charge on any atom is -0.385 e. The molecule has 1 aromatic heterocycles. The second-order valence-corrected chi connectivity index (χ2v) is 9.25. The Balaban J connectivity index is 1.42. The quantitative estimate of drug-likeness (QED) is 0.271. The van der Waals surface area contributed by atoms with Crippen molar-refractivity contribution in [2.45, 2.75) is 32.2 Å². The van der Waals surface area contributed by atoms with E-state index in [2.05, 4.69) is 15.5 Å². The Morgan fingerprint density at radius 1 is 1.00 bits per heavy atom. The summed E-state index contributed by atoms with van der Waals surface area (Å²) in [4.78, 5) is 23.1. The average Bonchev–Trinajstić information content (AvgIpc) is 3.42. The second-order valence-electron chi connectivity index (χ2n) is 9.25. The van der Waals surface area contributed by atoms with E-state index in [0.717, 1.165) is 17.7 Å². The van der Waals surface area contributed by atoms with Gasteiger partial charge in [0.05, 0.1) is 17.0 Å². The number of nitrogens with one attached hydrogen (secondary N) is 1. The van der Waals surface area contributed by atoms with Gasteiger partial charge < -0.3 is 10.2 Å². The minimum atomic E-state index is -4.44. The number of carbonyl (C=O) groups is 1. The van der Waals surface area contributed by atoms with Crippen molar-refractivity contribution >= 4 is 11.6 Å². The Labute approximate surface area is 222 Å². The molecule has 1 N–H and O–H groups in total. The number of alkyl halides is 3. The van der Waals surface area contributed by atoms with Crippen molar-refractivity contribution in [2.75, 3.05) is 0 Å². The number of amides is 1. The van der Waals surface area contributed by atoms with Crippen molar-refractivity contribution in [1.82, 2.24) is 10.3 Å². The van der Waals surface area contributed by atoms with Crippen LogP contribution in [0.4, 0.5) is 17.6 Å². The van der Waals surface area contributed by atoms with Gasteiger partial charge in [-0.05, 0) is 72.1 Å². The summed E-state index contributed by atoms with van der Waals surface area (Å²) in [6.07, 6.45) is -2.76. The Kier molecular flexibility index (Phi) is 7.15. The Hall–Kier alpha value is -4.53. The molecule has 3 aromatic carbocycles. The maximum atomic E-state index is 14.9. The summed E-state index contributed by atoms with van der Waals surface area (Å²) in [6.45, 7) is 1.80. The number of rotatable bonds is 6. The molecule has 198 valence electrons. The van der Waals surface area contributed by atoms with Crippen LogP contribution in [0.25, 0.3) is 11.1 Å². The fourth-order valence-electron chi connectivity index (χ4n) is 4.30. The Morgan fingerprint density at radius 3 is 2.46 bits per heavy atom. The van der Waals surface area contributed by atoms with Crippen molar-refractivity contribution in [3.8, 4) is 11.1 Å². The summed E-state index contributed by atoms with van der Waals surface area (Å²) >= 11 is 0. The van der Waals surface area contributed by atoms with Crippen LogP contribution in [0.15, 0.2) is 90.2 Å². The maximum Gasteiger partial charge on any atom is 0.416 e. The molecule has 0 saturated carbocycles. The van der Waals surface area contributed by atoms with Crippen molar-refractivity contribution in [2.24, 2.45) is 5.16 Å². The van der Waals surface area contributed by atoms with E-state index in [9.17, 15) is 22.4 Å². The van der Waals surface area contributed by atoms with Crippen molar-refractivity contribution in [1.29, 1.82) is 0 Å². The minimum absolute atomic E-state index is 0.0151. The number of hydrogen-bond donors (Lipinski definition) is 1. The van der Waals surface area contributed by atoms with Gasteiger partial charge in [0.2, 0.25) is 0 Å². The molecule has 0 aliphatic carbocycles. The van der Waals surface area contributed by atoms with E-state index >= 15 is 0 Å². The topological polar surface area (TPSA) is 63.6 Å². The van der Waals surface area contributed by atoms with E-state index in [0.29, 0.717) is 40.1 Å². The molecule has 4 aromatic rings. The fourth-order valence-corrected chi connectivity index (χ4v) is 4.30. The van der Waals surface area contributed by atoms with Crippen LogP contribution in [0.5, 0.6) is 0 Å². The zero-order valence-electron chi connectivity index (χ0n) is 20.8. The van der Waals surface area contributed by atoms with E-state index in [-0.39, 0.29) is 12.1 Å². The lowest BCUT2D eigenvalue weighted by molar-refractivity contribution is -0.137. The third-order valence-electron chi connectivity index (χ3n) is 6.38. The largest absolute Gasteiger partial charge is 0.416 e. The van der Waals surface area contributed by atoms with Crippen LogP contribution in [-0.2, 0) is 17.6 Å². The van der Waals surface area contributed by atoms with Crippen molar-refractivity contribution < 1.29 is 27.2 Å². The number of benzene rings is 3. The normalized spacial score (nSPS) is 15.0. The molecule has 39 heavy (non-hydrogen) atoms. The highest BCUT2D eigenvalue weighted by Crippen LogP contribution is 2.32. The van der Waals surface area contributed by atoms with Gasteiger partial charge in [0.1, 0.15) is 5.82 Å². The number of aryl methyl sites for hydroxylation is 1. The first-order valence-electron chi connectivity index (χ1n) is 12.2. The summed E-state index contributed by atoms with van der Waals surface area (Å²) in [6, 6.07) is 19.9. The molecule has 1 aliphatic heterocycles. The van der Waals surface area contributed by atoms with Crippen LogP contribution in [-0.4, -0.2) is 16.6 Å². The monoisotopic (exact) mass is 533 g/mol. The number of pyridine rings is 1. The van der Waals surface area contributed by atoms with E-state index in [1.807, 2.05) is 12.1 Å². The number of nitrogens with zero attached hydrogens (tertiary/aromatic N) is 2. The van der Waals surface area contributed by atoms with Crippen LogP contribution in [0.3, 0.4) is 0 Å². The smallest absolute Gasteiger partial charge is 0.385 e. The molecular weight excluding hydrogens is 510 g/mol. The Morgan fingerprint density at radius 2 is 1.77 bits per heavy atom. The number of carbonyl (C=O) groups excluding carboxylic acids is 1. The summed E-state index contributed by atoms with van der Waals surface area (Å²) in [5.41, 5.74) is 3.43. The lowest BCUT2D eigenvalue weighted by Crippen LogP contribution is -2.23. The summed E-state index contributed by atoms with van der Waals surface area (Å²) in [5.74, 6) is -0.898. The third-order valence-corrected chi connectivity index (χ3v) is 6.38. The first-order valence-corrected chi connectivity index (χ1v) is 12.2. The molecule has 9 heteroatoms. The lowest BCUT2D eigenvalue weighted by atomic mass is 9.94. The van der Waals surface area contributed by atoms with Gasteiger partial charge in [-0.2, -0.15) is 13.2 Å². The van der Waals surface area contributed by atoms with Gasteiger partial charge in [-0.15, -0.1) is 0 Å². The zero-order valence-corrected chi connectivity index (χ0v) is 20.8. The molecule has 1 amide bonds. The van der Waals surface area contributed by atoms with Crippen LogP contribution >= 0.6 is 0 Å². The lowest BCUT2D eigenvalue weighted by Gasteiger charge is -2.12. The van der Waals surface area contributed by atoms with Crippen LogP contribution in [0.1, 0.15) is 50.8 Å². The fraction of sp³-hybridized carbons (Fsp3) is 0.167. The SMILES string of the molecule is Cc1ccc(-c2cc(C(=O)NCc3ccc(C(F)(F)F)cc3)cc(C3=NOC(c4ccccn4)C3)c2)c(F)c1. The van der Waals surface area contributed by atoms with Gasteiger partial charge in [0.15, 0.2) is 6.10 Å². The van der Waals surface area contributed by atoms with Crippen LogP contribution in [0.2, 0.25) is 0 Å². The van der Waals surface area contributed by atoms with Gasteiger partial charge >= 0.3 is 6.18 Å². The second kappa shape index (κ2) is 10.7. The van der Waals surface area contributed by atoms with Gasteiger partial charge in [0.25, 0.3) is 5.91 Å². The maximum absolute atomic E-state index is 14.9.